The summed E-state index contributed by atoms with van der Waals surface area (Å²) in [4.78, 5) is 32.7. The van der Waals surface area contributed by atoms with Crippen LogP contribution < -0.4 is 0 Å². The number of rotatable bonds is 24. The molecule has 192 valence electrons. The monoisotopic (exact) mass is 470 g/mol. The molecule has 0 aliphatic heterocycles. The topological polar surface area (TPSA) is 112 Å². The number of hydrogen-bond acceptors (Lipinski definition) is 3. The lowest BCUT2D eigenvalue weighted by molar-refractivity contribution is -0.880. The fourth-order valence-corrected chi connectivity index (χ4v) is 4.19. The van der Waals surface area contributed by atoms with Gasteiger partial charge in [0.25, 0.3) is 0 Å². The minimum Gasteiger partial charge on any atom is -0.481 e. The van der Waals surface area contributed by atoms with Gasteiger partial charge in [-0.3, -0.25) is 18.9 Å². The zero-order chi connectivity index (χ0) is 24.8. The Labute approximate surface area is 200 Å². The van der Waals surface area contributed by atoms with Crippen molar-refractivity contribution in [3.8, 4) is 0 Å². The average molecular weight is 471 g/mol. The van der Waals surface area contributed by atoms with E-state index in [0.717, 1.165) is 51.7 Å². The molecule has 0 heterocycles. The van der Waals surface area contributed by atoms with Gasteiger partial charge in [0.15, 0.2) is 0 Å². The fourth-order valence-electron chi connectivity index (χ4n) is 4.19. The fraction of sp³-hybridized carbons (Fsp3) is 0.808. The van der Waals surface area contributed by atoms with E-state index >= 15 is 0 Å². The maximum atomic E-state index is 10.9. The molecule has 0 saturated heterocycles. The van der Waals surface area contributed by atoms with Gasteiger partial charge in [0.2, 0.25) is 0 Å². The summed E-state index contributed by atoms with van der Waals surface area (Å²) in [6.07, 6.45) is 19.0. The minimum absolute atomic E-state index is 0.153. The van der Waals surface area contributed by atoms with E-state index in [4.69, 9.17) is 15.3 Å². The third kappa shape index (κ3) is 20.4. The average Bonchev–Trinajstić information content (AvgIpc) is 2.75. The molecule has 0 saturated carbocycles. The van der Waals surface area contributed by atoms with E-state index < -0.39 is 17.9 Å². The summed E-state index contributed by atoms with van der Waals surface area (Å²) in [5, 5.41) is 26.9. The van der Waals surface area contributed by atoms with Gasteiger partial charge in [0.1, 0.15) is 0 Å². The molecule has 0 aromatic rings. The Morgan fingerprint density at radius 1 is 0.576 bits per heavy atom. The van der Waals surface area contributed by atoms with Gasteiger partial charge in [-0.25, -0.2) is 0 Å². The molecule has 0 unspecified atom stereocenters. The highest BCUT2D eigenvalue weighted by Gasteiger charge is 2.24. The number of carboxylic acids is 3. The molecule has 0 bridgehead atoms. The number of aliphatic carboxylic acids is 3. The van der Waals surface area contributed by atoms with Gasteiger partial charge in [-0.15, -0.1) is 0 Å². The van der Waals surface area contributed by atoms with E-state index in [0.29, 0.717) is 23.7 Å². The zero-order valence-corrected chi connectivity index (χ0v) is 20.8. The molecular weight excluding hydrogens is 422 g/mol. The maximum Gasteiger partial charge on any atom is 0.303 e. The Hall–Kier alpha value is -1.89. The zero-order valence-electron chi connectivity index (χ0n) is 20.8. The molecule has 7 nitrogen and oxygen atoms in total. The van der Waals surface area contributed by atoms with Crippen LogP contribution in [0.4, 0.5) is 0 Å². The molecule has 7 heteroatoms. The lowest BCUT2D eigenvalue weighted by Crippen LogP contribution is -2.45. The lowest BCUT2D eigenvalue weighted by Gasteiger charge is -2.35. The molecule has 0 rings (SSSR count). The number of allylic oxidation sites excluding steroid dienone is 1. The molecule has 0 aliphatic rings. The first-order chi connectivity index (χ1) is 15.8. The summed E-state index contributed by atoms with van der Waals surface area (Å²) in [5.41, 5.74) is 0. The van der Waals surface area contributed by atoms with Crippen LogP contribution >= 0.6 is 0 Å². The Bertz CT molecular complexity index is 506. The summed E-state index contributed by atoms with van der Waals surface area (Å²) in [5.74, 6) is -2.36. The Kier molecular flexibility index (Phi) is 19.5. The third-order valence-corrected chi connectivity index (χ3v) is 6.13. The predicted molar refractivity (Wildman–Crippen MR) is 131 cm³/mol. The molecule has 3 N–H and O–H groups in total. The van der Waals surface area contributed by atoms with Gasteiger partial charge in [0.05, 0.1) is 25.8 Å². The molecule has 0 atom stereocenters. The third-order valence-electron chi connectivity index (χ3n) is 6.13. The van der Waals surface area contributed by atoms with Crippen molar-refractivity contribution in [2.24, 2.45) is 0 Å². The second kappa shape index (κ2) is 20.7. The van der Waals surface area contributed by atoms with E-state index in [9.17, 15) is 14.4 Å². The van der Waals surface area contributed by atoms with E-state index in [1.165, 1.54) is 38.5 Å². The molecule has 0 fully saturated rings. The number of carbonyl (C=O) groups is 3. The number of carboxylic acid groups (broad SMARTS) is 3. The smallest absolute Gasteiger partial charge is 0.303 e. The van der Waals surface area contributed by atoms with Gasteiger partial charge in [-0.05, 0) is 57.4 Å². The van der Waals surface area contributed by atoms with Gasteiger partial charge in [-0.2, -0.15) is 0 Å². The maximum absolute atomic E-state index is 10.9. The van der Waals surface area contributed by atoms with Crippen molar-refractivity contribution in [3.63, 3.8) is 0 Å². The first kappa shape index (κ1) is 31.1. The summed E-state index contributed by atoms with van der Waals surface area (Å²) >= 11 is 0. The molecule has 0 aromatic heterocycles. The number of nitrogens with zero attached hydrogens (tertiary/aromatic N) is 1. The molecule has 0 amide bonds. The van der Waals surface area contributed by atoms with Crippen LogP contribution in [0.1, 0.15) is 116 Å². The van der Waals surface area contributed by atoms with Crippen molar-refractivity contribution >= 4 is 17.9 Å². The van der Waals surface area contributed by atoms with Crippen LogP contribution in [0.3, 0.4) is 0 Å². The molecule has 33 heavy (non-hydrogen) atoms. The number of unbranched alkanes of at least 4 members (excludes halogenated alkanes) is 10. The Morgan fingerprint density at radius 2 is 0.970 bits per heavy atom. The molecule has 0 aromatic carbocycles. The van der Waals surface area contributed by atoms with Crippen LogP contribution in [0, 0.1) is 0 Å². The van der Waals surface area contributed by atoms with Crippen LogP contribution in [0.5, 0.6) is 0 Å². The quantitative estimate of drug-likeness (QED) is 0.114. The van der Waals surface area contributed by atoms with Crippen molar-refractivity contribution in [1.82, 2.24) is 0 Å². The van der Waals surface area contributed by atoms with Gasteiger partial charge < -0.3 is 15.3 Å². The second-order valence-electron chi connectivity index (χ2n) is 9.24. The summed E-state index contributed by atoms with van der Waals surface area (Å²) in [6.45, 7) is 4.64. The first-order valence-electron chi connectivity index (χ1n) is 13.0. The minimum atomic E-state index is -0.787. The molecular formula is C26H48NO6+. The standard InChI is InChI=1S/C26H47NO6/c1-2-3-4-5-6-7-8-9-13-20-27(21-14-10-17-24(28)29,22-15-11-18-25(30)31)23-16-12-19-26(32)33/h13,20H,2-12,14-19,21-23H2,1H3,(H2-,28,29,30,31,32,33)/p+1/b20-13+. The summed E-state index contributed by atoms with van der Waals surface area (Å²) in [7, 11) is 0. The first-order valence-corrected chi connectivity index (χ1v) is 13.0. The second-order valence-corrected chi connectivity index (χ2v) is 9.24. The van der Waals surface area contributed by atoms with Crippen molar-refractivity contribution < 1.29 is 34.2 Å². The number of quaternary nitrogens is 1. The highest BCUT2D eigenvalue weighted by atomic mass is 16.4. The van der Waals surface area contributed by atoms with Crippen LogP contribution in [0.15, 0.2) is 12.3 Å². The largest absolute Gasteiger partial charge is 0.481 e. The van der Waals surface area contributed by atoms with Crippen LogP contribution in [0.25, 0.3) is 0 Å². The van der Waals surface area contributed by atoms with E-state index in [1.54, 1.807) is 0 Å². The Morgan fingerprint density at radius 3 is 1.36 bits per heavy atom. The van der Waals surface area contributed by atoms with Gasteiger partial charge >= 0.3 is 17.9 Å². The predicted octanol–water partition coefficient (Wildman–Crippen LogP) is 6.22. The Balaban J connectivity index is 4.93. The highest BCUT2D eigenvalue weighted by Crippen LogP contribution is 2.19. The van der Waals surface area contributed by atoms with Crippen molar-refractivity contribution in [3.05, 3.63) is 12.3 Å². The van der Waals surface area contributed by atoms with Gasteiger partial charge in [0, 0.05) is 19.3 Å². The molecule has 0 radical (unpaired) electrons. The summed E-state index contributed by atoms with van der Waals surface area (Å²) in [6, 6.07) is 0. The van der Waals surface area contributed by atoms with E-state index in [-0.39, 0.29) is 19.3 Å². The van der Waals surface area contributed by atoms with E-state index in [1.807, 2.05) is 0 Å². The van der Waals surface area contributed by atoms with Crippen LogP contribution in [-0.4, -0.2) is 57.3 Å². The van der Waals surface area contributed by atoms with Crippen molar-refractivity contribution in [1.29, 1.82) is 0 Å². The van der Waals surface area contributed by atoms with Crippen LogP contribution in [-0.2, 0) is 14.4 Å². The molecule has 0 spiro atoms. The SMILES string of the molecule is CCCCCCCCC/C=C/[N+](CCCCC(=O)O)(CCCCC(=O)O)CCCCC(=O)O. The van der Waals surface area contributed by atoms with Crippen LogP contribution in [0.2, 0.25) is 0 Å². The normalized spacial score (nSPS) is 11.8. The number of hydrogen-bond donors (Lipinski definition) is 3. The van der Waals surface area contributed by atoms with E-state index in [2.05, 4.69) is 19.2 Å². The van der Waals surface area contributed by atoms with Crippen molar-refractivity contribution in [2.75, 3.05) is 19.6 Å². The molecule has 0 aliphatic carbocycles. The summed E-state index contributed by atoms with van der Waals surface area (Å²) < 4.78 is 0.690. The highest BCUT2D eigenvalue weighted by molar-refractivity contribution is 5.67. The van der Waals surface area contributed by atoms with Gasteiger partial charge in [-0.1, -0.05) is 45.4 Å². The van der Waals surface area contributed by atoms with Crippen molar-refractivity contribution in [2.45, 2.75) is 116 Å². The lowest BCUT2D eigenvalue weighted by atomic mass is 10.1.